The van der Waals surface area contributed by atoms with Gasteiger partial charge >= 0.3 is 5.97 Å². The van der Waals surface area contributed by atoms with Gasteiger partial charge in [0.2, 0.25) is 0 Å². The van der Waals surface area contributed by atoms with Crippen LogP contribution < -0.4 is 10.6 Å². The first kappa shape index (κ1) is 22.2. The van der Waals surface area contributed by atoms with Gasteiger partial charge in [-0.3, -0.25) is 14.4 Å². The van der Waals surface area contributed by atoms with Crippen LogP contribution in [0.5, 0.6) is 0 Å². The molecule has 0 aliphatic rings. The van der Waals surface area contributed by atoms with E-state index in [1.807, 2.05) is 0 Å². The lowest BCUT2D eigenvalue weighted by molar-refractivity contribution is -0.153. The zero-order valence-corrected chi connectivity index (χ0v) is 15.9. The number of anilines is 1. The van der Waals surface area contributed by atoms with Gasteiger partial charge in [0.25, 0.3) is 11.8 Å². The smallest absolute Gasteiger partial charge is 0.308 e. The van der Waals surface area contributed by atoms with Crippen molar-refractivity contribution in [3.8, 4) is 0 Å². The predicted molar refractivity (Wildman–Crippen MR) is 98.9 cm³/mol. The maximum absolute atomic E-state index is 13.5. The van der Waals surface area contributed by atoms with Crippen LogP contribution in [0.3, 0.4) is 0 Å². The third kappa shape index (κ3) is 6.49. The van der Waals surface area contributed by atoms with Gasteiger partial charge in [0.1, 0.15) is 17.5 Å². The normalized spacial score (nSPS) is 11.5. The van der Waals surface area contributed by atoms with Crippen molar-refractivity contribution < 1.29 is 32.3 Å². The minimum absolute atomic E-state index is 0.0207. The molecule has 2 aromatic carbocycles. The average molecular weight is 429 g/mol. The van der Waals surface area contributed by atoms with Crippen LogP contribution in [0, 0.1) is 17.5 Å². The summed E-state index contributed by atoms with van der Waals surface area (Å²) in [6.07, 6.45) is -1.47. The van der Waals surface area contributed by atoms with Crippen molar-refractivity contribution in [1.29, 1.82) is 0 Å². The molecule has 2 aromatic rings. The Morgan fingerprint density at radius 3 is 2.38 bits per heavy atom. The first-order valence-corrected chi connectivity index (χ1v) is 8.74. The van der Waals surface area contributed by atoms with E-state index in [2.05, 4.69) is 10.6 Å². The Bertz CT molecular complexity index is 940. The molecule has 0 fully saturated rings. The molecule has 0 aromatic heterocycles. The van der Waals surface area contributed by atoms with E-state index >= 15 is 0 Å². The van der Waals surface area contributed by atoms with E-state index in [0.717, 1.165) is 24.3 Å². The number of esters is 1. The van der Waals surface area contributed by atoms with Crippen LogP contribution in [0.4, 0.5) is 18.9 Å². The van der Waals surface area contributed by atoms with E-state index < -0.39 is 41.3 Å². The quantitative estimate of drug-likeness (QED) is 0.662. The standard InChI is InChI=1S/C19H16ClF3N2O4/c1-10(18(27)25-16-5-3-11(21)8-14(16)20)29-17(26)6-7-24-19(28)13-4-2-12(22)9-15(13)23/h2-5,8-10H,6-7H2,1H3,(H,24,28)(H,25,27). The Labute approximate surface area is 169 Å². The fourth-order valence-corrected chi connectivity index (χ4v) is 2.40. The molecule has 0 saturated heterocycles. The Balaban J connectivity index is 1.79. The fraction of sp³-hybridized carbons (Fsp3) is 0.211. The van der Waals surface area contributed by atoms with Crippen LogP contribution in [0.25, 0.3) is 0 Å². The highest BCUT2D eigenvalue weighted by Gasteiger charge is 2.19. The zero-order chi connectivity index (χ0) is 21.6. The predicted octanol–water partition coefficient (Wildman–Crippen LogP) is 3.45. The summed E-state index contributed by atoms with van der Waals surface area (Å²) in [4.78, 5) is 35.7. The van der Waals surface area contributed by atoms with Gasteiger partial charge in [-0.2, -0.15) is 0 Å². The first-order chi connectivity index (χ1) is 13.7. The van der Waals surface area contributed by atoms with E-state index in [4.69, 9.17) is 16.3 Å². The van der Waals surface area contributed by atoms with E-state index in [1.54, 1.807) is 0 Å². The van der Waals surface area contributed by atoms with Crippen LogP contribution in [0.2, 0.25) is 5.02 Å². The molecule has 0 heterocycles. The molecule has 0 bridgehead atoms. The molecule has 0 saturated carbocycles. The molecule has 0 aliphatic carbocycles. The Kier molecular flexibility index (Phi) is 7.60. The van der Waals surface area contributed by atoms with Gasteiger partial charge in [-0.25, -0.2) is 13.2 Å². The van der Waals surface area contributed by atoms with Gasteiger partial charge in [-0.15, -0.1) is 0 Å². The van der Waals surface area contributed by atoms with Crippen LogP contribution in [-0.2, 0) is 14.3 Å². The van der Waals surface area contributed by atoms with Crippen molar-refractivity contribution in [2.24, 2.45) is 0 Å². The molecular weight excluding hydrogens is 413 g/mol. The van der Waals surface area contributed by atoms with Crippen molar-refractivity contribution in [3.05, 3.63) is 64.4 Å². The lowest BCUT2D eigenvalue weighted by Crippen LogP contribution is -2.32. The molecule has 0 spiro atoms. The van der Waals surface area contributed by atoms with Crippen LogP contribution >= 0.6 is 11.6 Å². The summed E-state index contributed by atoms with van der Waals surface area (Å²) in [7, 11) is 0. The number of hydrogen-bond acceptors (Lipinski definition) is 4. The topological polar surface area (TPSA) is 84.5 Å². The monoisotopic (exact) mass is 428 g/mol. The maximum atomic E-state index is 13.5. The third-order valence-electron chi connectivity index (χ3n) is 3.66. The van der Waals surface area contributed by atoms with Crippen LogP contribution in [0.15, 0.2) is 36.4 Å². The number of halogens is 4. The summed E-state index contributed by atoms with van der Waals surface area (Å²) in [5.74, 6) is -4.74. The van der Waals surface area contributed by atoms with Crippen molar-refractivity contribution in [2.45, 2.75) is 19.4 Å². The van der Waals surface area contributed by atoms with Crippen molar-refractivity contribution in [3.63, 3.8) is 0 Å². The van der Waals surface area contributed by atoms with Crippen molar-refractivity contribution >= 4 is 35.1 Å². The SMILES string of the molecule is CC(OC(=O)CCNC(=O)c1ccc(F)cc1F)C(=O)Nc1ccc(F)cc1Cl. The molecular formula is C19H16ClF3N2O4. The van der Waals surface area contributed by atoms with Crippen LogP contribution in [0.1, 0.15) is 23.7 Å². The van der Waals surface area contributed by atoms with Gasteiger partial charge in [0.05, 0.1) is 22.7 Å². The number of nitrogens with one attached hydrogen (secondary N) is 2. The highest BCUT2D eigenvalue weighted by Crippen LogP contribution is 2.22. The largest absolute Gasteiger partial charge is 0.452 e. The number of carbonyl (C=O) groups excluding carboxylic acids is 3. The Morgan fingerprint density at radius 2 is 1.72 bits per heavy atom. The summed E-state index contributed by atoms with van der Waals surface area (Å²) in [5.41, 5.74) is -0.224. The summed E-state index contributed by atoms with van der Waals surface area (Å²) in [6.45, 7) is 1.13. The Morgan fingerprint density at radius 1 is 1.07 bits per heavy atom. The molecule has 0 radical (unpaired) electrons. The average Bonchev–Trinajstić information content (AvgIpc) is 2.63. The first-order valence-electron chi connectivity index (χ1n) is 8.36. The van der Waals surface area contributed by atoms with Gasteiger partial charge in [0.15, 0.2) is 6.10 Å². The minimum atomic E-state index is -1.19. The highest BCUT2D eigenvalue weighted by atomic mass is 35.5. The highest BCUT2D eigenvalue weighted by molar-refractivity contribution is 6.33. The van der Waals surface area contributed by atoms with Gasteiger partial charge in [-0.05, 0) is 37.3 Å². The van der Waals surface area contributed by atoms with E-state index in [9.17, 15) is 27.6 Å². The number of rotatable bonds is 7. The fourth-order valence-electron chi connectivity index (χ4n) is 2.18. The minimum Gasteiger partial charge on any atom is -0.452 e. The van der Waals surface area contributed by atoms with Gasteiger partial charge < -0.3 is 15.4 Å². The number of hydrogen-bond donors (Lipinski definition) is 2. The third-order valence-corrected chi connectivity index (χ3v) is 3.97. The summed E-state index contributed by atoms with van der Waals surface area (Å²) in [5, 5.41) is 4.66. The molecule has 2 amide bonds. The maximum Gasteiger partial charge on any atom is 0.308 e. The van der Waals surface area contributed by atoms with Crippen molar-refractivity contribution in [1.82, 2.24) is 5.32 Å². The lowest BCUT2D eigenvalue weighted by atomic mass is 10.2. The molecule has 2 N–H and O–H groups in total. The molecule has 1 atom stereocenters. The number of carbonyl (C=O) groups is 3. The van der Waals surface area contributed by atoms with E-state index in [-0.39, 0.29) is 29.2 Å². The number of ether oxygens (including phenoxy) is 1. The van der Waals surface area contributed by atoms with Crippen LogP contribution in [-0.4, -0.2) is 30.4 Å². The molecule has 29 heavy (non-hydrogen) atoms. The molecule has 154 valence electrons. The summed E-state index contributed by atoms with van der Waals surface area (Å²) >= 11 is 5.80. The second-order valence-electron chi connectivity index (χ2n) is 5.88. The summed E-state index contributed by atoms with van der Waals surface area (Å²) in [6, 6.07) is 5.85. The molecule has 1 unspecified atom stereocenters. The van der Waals surface area contributed by atoms with Gasteiger partial charge in [-0.1, -0.05) is 11.6 Å². The lowest BCUT2D eigenvalue weighted by Gasteiger charge is -2.14. The second-order valence-corrected chi connectivity index (χ2v) is 6.28. The summed E-state index contributed by atoms with van der Waals surface area (Å²) < 4.78 is 44.3. The zero-order valence-electron chi connectivity index (χ0n) is 15.1. The molecule has 0 aliphatic heterocycles. The van der Waals surface area contributed by atoms with Gasteiger partial charge in [0, 0.05) is 12.6 Å². The van der Waals surface area contributed by atoms with Crippen molar-refractivity contribution in [2.75, 3.05) is 11.9 Å². The Hall–Kier alpha value is -3.07. The number of amides is 2. The molecule has 6 nitrogen and oxygen atoms in total. The van der Waals surface area contributed by atoms with E-state index in [1.165, 1.54) is 13.0 Å². The van der Waals surface area contributed by atoms with E-state index in [0.29, 0.717) is 6.07 Å². The molecule has 10 heteroatoms. The second kappa shape index (κ2) is 9.92. The molecule has 2 rings (SSSR count). The number of benzene rings is 2.